The summed E-state index contributed by atoms with van der Waals surface area (Å²) in [5, 5.41) is 0.335. The van der Waals surface area contributed by atoms with Crippen molar-refractivity contribution in [3.05, 3.63) is 13.8 Å². The number of hydrogen-bond acceptors (Lipinski definition) is 2. The van der Waals surface area contributed by atoms with Gasteiger partial charge < -0.3 is 23.0 Å². The summed E-state index contributed by atoms with van der Waals surface area (Å²) in [6, 6.07) is 0. The Morgan fingerprint density at radius 1 is 0.741 bits per heavy atom. The van der Waals surface area contributed by atoms with Gasteiger partial charge in [-0.05, 0) is 44.8 Å². The van der Waals surface area contributed by atoms with E-state index < -0.39 is 8.32 Å². The van der Waals surface area contributed by atoms with Gasteiger partial charge in [-0.15, -0.1) is 0 Å². The van der Waals surface area contributed by atoms with Crippen LogP contribution < -0.4 is 37.7 Å². The average molecular weight is 387 g/mol. The standard InChI is InChI=1S/C13H27O.C9H21OSi.2Li/c1-5-7-8-9-10-11-12-14-13(3,4)6-2;1-7-8-10-11(5,6)9(2,3)4;;/h1,5-12H2,2-4H3;1,7-8H2,2-6H3;;/q2*-1;2*+1. The molecule has 0 N–H and O–H groups in total. The Hall–Kier alpha value is 1.33. The first-order valence-electron chi connectivity index (χ1n) is 10.3. The van der Waals surface area contributed by atoms with Crippen LogP contribution in [0.2, 0.25) is 18.1 Å². The van der Waals surface area contributed by atoms with Crippen LogP contribution in [0.3, 0.4) is 0 Å². The molecule has 27 heavy (non-hydrogen) atoms. The van der Waals surface area contributed by atoms with Crippen molar-refractivity contribution in [3.8, 4) is 0 Å². The van der Waals surface area contributed by atoms with E-state index in [4.69, 9.17) is 9.16 Å². The summed E-state index contributed by atoms with van der Waals surface area (Å²) in [7, 11) is -1.47. The normalized spacial score (nSPS) is 11.8. The molecule has 0 radical (unpaired) electrons. The largest absolute Gasteiger partial charge is 1.00 e. The summed E-state index contributed by atoms with van der Waals surface area (Å²) in [5.41, 5.74) is 0.0767. The van der Waals surface area contributed by atoms with E-state index in [-0.39, 0.29) is 43.3 Å². The van der Waals surface area contributed by atoms with Crippen LogP contribution in [0.5, 0.6) is 0 Å². The quantitative estimate of drug-likeness (QED) is 0.288. The molecule has 0 rings (SSSR count). The SMILES string of the molecule is [CH2-]CCCCCCCOC(C)(C)CC.[CH2-]CCO[Si](C)(C)C(C)(C)C.[Li+].[Li+]. The summed E-state index contributed by atoms with van der Waals surface area (Å²) < 4.78 is 11.6. The molecule has 0 saturated heterocycles. The first kappa shape index (κ1) is 35.7. The topological polar surface area (TPSA) is 18.5 Å². The second kappa shape index (κ2) is 19.3. The Balaban J connectivity index is -0.000000187. The number of hydrogen-bond donors (Lipinski definition) is 0. The van der Waals surface area contributed by atoms with Gasteiger partial charge in [0, 0.05) is 13.2 Å². The minimum absolute atomic E-state index is 0. The molecule has 0 bridgehead atoms. The van der Waals surface area contributed by atoms with Gasteiger partial charge in [0.05, 0.1) is 5.60 Å². The van der Waals surface area contributed by atoms with E-state index in [1.165, 1.54) is 32.1 Å². The second-order valence-corrected chi connectivity index (χ2v) is 13.9. The molecule has 0 spiro atoms. The molecule has 0 heterocycles. The van der Waals surface area contributed by atoms with Gasteiger partial charge in [-0.3, -0.25) is 0 Å². The van der Waals surface area contributed by atoms with Crippen molar-refractivity contribution in [1.29, 1.82) is 0 Å². The zero-order valence-corrected chi connectivity index (χ0v) is 21.8. The van der Waals surface area contributed by atoms with Crippen LogP contribution in [0.4, 0.5) is 0 Å². The Morgan fingerprint density at radius 2 is 1.22 bits per heavy atom. The predicted octanol–water partition coefficient (Wildman–Crippen LogP) is 1.61. The molecule has 0 aromatic rings. The van der Waals surface area contributed by atoms with E-state index in [1.807, 2.05) is 0 Å². The van der Waals surface area contributed by atoms with Crippen LogP contribution >= 0.6 is 0 Å². The van der Waals surface area contributed by atoms with Crippen molar-refractivity contribution in [2.24, 2.45) is 0 Å². The van der Waals surface area contributed by atoms with Gasteiger partial charge >= 0.3 is 37.7 Å². The van der Waals surface area contributed by atoms with Crippen LogP contribution in [0.1, 0.15) is 92.9 Å². The zero-order valence-electron chi connectivity index (χ0n) is 20.8. The van der Waals surface area contributed by atoms with Gasteiger partial charge in [-0.2, -0.15) is 12.8 Å². The Bertz CT molecular complexity index is 303. The fourth-order valence-electron chi connectivity index (χ4n) is 1.80. The van der Waals surface area contributed by atoms with Crippen molar-refractivity contribution in [1.82, 2.24) is 0 Å². The van der Waals surface area contributed by atoms with Gasteiger partial charge in [-0.1, -0.05) is 53.4 Å². The molecule has 0 atom stereocenters. The van der Waals surface area contributed by atoms with Gasteiger partial charge in [0.25, 0.3) is 0 Å². The van der Waals surface area contributed by atoms with Crippen molar-refractivity contribution < 1.29 is 46.9 Å². The van der Waals surface area contributed by atoms with Gasteiger partial charge in [0.1, 0.15) is 0 Å². The van der Waals surface area contributed by atoms with Crippen molar-refractivity contribution in [2.75, 3.05) is 13.2 Å². The predicted molar refractivity (Wildman–Crippen MR) is 117 cm³/mol. The summed E-state index contributed by atoms with van der Waals surface area (Å²) >= 11 is 0. The molecule has 0 aliphatic heterocycles. The van der Waals surface area contributed by atoms with Gasteiger partial charge in [0.2, 0.25) is 0 Å². The van der Waals surface area contributed by atoms with Crippen LogP contribution in [-0.4, -0.2) is 27.1 Å². The molecule has 0 unspecified atom stereocenters. The molecular weight excluding hydrogens is 338 g/mol. The van der Waals surface area contributed by atoms with Crippen molar-refractivity contribution >= 4 is 8.32 Å². The first-order chi connectivity index (χ1) is 11.4. The maximum absolute atomic E-state index is 5.82. The van der Waals surface area contributed by atoms with E-state index in [0.717, 1.165) is 32.5 Å². The molecule has 2 nitrogen and oxygen atoms in total. The Labute approximate surface area is 198 Å². The fourth-order valence-corrected chi connectivity index (χ4v) is 2.89. The monoisotopic (exact) mass is 386 g/mol. The smallest absolute Gasteiger partial charge is 0.419 e. The summed E-state index contributed by atoms with van der Waals surface area (Å²) in [4.78, 5) is 0. The molecule has 0 aromatic carbocycles. The van der Waals surface area contributed by atoms with Crippen LogP contribution in [0.15, 0.2) is 0 Å². The third-order valence-electron chi connectivity index (χ3n) is 5.15. The van der Waals surface area contributed by atoms with Crippen LogP contribution in [0.25, 0.3) is 0 Å². The van der Waals surface area contributed by atoms with Crippen molar-refractivity contribution in [3.63, 3.8) is 0 Å². The third kappa shape index (κ3) is 21.8. The molecule has 0 aliphatic rings. The maximum Gasteiger partial charge on any atom is 1.00 e. The summed E-state index contributed by atoms with van der Waals surface area (Å²) in [6.45, 7) is 27.1. The fraction of sp³-hybridized carbons (Fsp3) is 0.909. The van der Waals surface area contributed by atoms with Crippen LogP contribution in [0, 0.1) is 13.8 Å². The molecule has 0 saturated carbocycles. The van der Waals surface area contributed by atoms with E-state index in [0.29, 0.717) is 5.04 Å². The molecular formula is C22H48Li2O2Si. The Kier molecular flexibility index (Phi) is 25.6. The maximum atomic E-state index is 5.82. The van der Waals surface area contributed by atoms with E-state index in [2.05, 4.69) is 68.5 Å². The number of ether oxygens (including phenoxy) is 1. The minimum atomic E-state index is -1.47. The molecule has 0 fully saturated rings. The summed E-state index contributed by atoms with van der Waals surface area (Å²) in [6.07, 6.45) is 9.52. The molecule has 0 aliphatic carbocycles. The van der Waals surface area contributed by atoms with E-state index in [1.54, 1.807) is 0 Å². The van der Waals surface area contributed by atoms with Crippen LogP contribution in [-0.2, 0) is 9.16 Å². The molecule has 5 heteroatoms. The molecule has 0 amide bonds. The van der Waals surface area contributed by atoms with Crippen molar-refractivity contribution in [2.45, 2.75) is 117 Å². The number of rotatable bonds is 12. The first-order valence-corrected chi connectivity index (χ1v) is 13.2. The minimum Gasteiger partial charge on any atom is -0.419 e. The Morgan fingerprint density at radius 3 is 1.63 bits per heavy atom. The zero-order chi connectivity index (χ0) is 20.0. The van der Waals surface area contributed by atoms with E-state index in [9.17, 15) is 0 Å². The third-order valence-corrected chi connectivity index (χ3v) is 9.69. The molecule has 154 valence electrons. The summed E-state index contributed by atoms with van der Waals surface area (Å²) in [5.74, 6) is 0. The average Bonchev–Trinajstić information content (AvgIpc) is 2.51. The second-order valence-electron chi connectivity index (χ2n) is 9.05. The number of unbranched alkanes of at least 4 members (excludes halogenated alkanes) is 5. The van der Waals surface area contributed by atoms with Gasteiger partial charge in [0.15, 0.2) is 8.32 Å². The van der Waals surface area contributed by atoms with Gasteiger partial charge in [-0.25, -0.2) is 0 Å². The molecule has 0 aromatic heterocycles. The van der Waals surface area contributed by atoms with E-state index >= 15 is 0 Å².